The molecule has 26 heavy (non-hydrogen) atoms. The molecule has 2 aromatic rings. The van der Waals surface area contributed by atoms with Crippen molar-refractivity contribution in [1.82, 2.24) is 10.7 Å². The average molecular weight is 355 g/mol. The summed E-state index contributed by atoms with van der Waals surface area (Å²) >= 11 is 0. The van der Waals surface area contributed by atoms with Crippen LogP contribution < -0.4 is 20.2 Å². The van der Waals surface area contributed by atoms with Crippen LogP contribution in [0.15, 0.2) is 47.6 Å². The van der Waals surface area contributed by atoms with Gasteiger partial charge in [0.05, 0.1) is 12.8 Å². The van der Waals surface area contributed by atoms with Gasteiger partial charge in [0.1, 0.15) is 19.0 Å². The van der Waals surface area contributed by atoms with Crippen molar-refractivity contribution in [2.45, 2.75) is 0 Å². The lowest BCUT2D eigenvalue weighted by Crippen LogP contribution is -2.35. The topological polar surface area (TPSA) is 109 Å². The van der Waals surface area contributed by atoms with Crippen LogP contribution in [0.25, 0.3) is 0 Å². The van der Waals surface area contributed by atoms with Gasteiger partial charge in [0.2, 0.25) is 0 Å². The molecular formula is C18H17N3O5. The van der Waals surface area contributed by atoms with Gasteiger partial charge in [-0.05, 0) is 35.9 Å². The first-order chi connectivity index (χ1) is 12.6. The molecule has 2 amide bonds. The molecule has 0 saturated heterocycles. The van der Waals surface area contributed by atoms with E-state index in [0.717, 1.165) is 0 Å². The summed E-state index contributed by atoms with van der Waals surface area (Å²) in [6, 6.07) is 11.2. The zero-order valence-corrected chi connectivity index (χ0v) is 13.8. The summed E-state index contributed by atoms with van der Waals surface area (Å²) in [5.74, 6) is 0.309. The van der Waals surface area contributed by atoms with Crippen LogP contribution in [-0.2, 0) is 4.79 Å². The van der Waals surface area contributed by atoms with E-state index in [1.54, 1.807) is 30.3 Å². The smallest absolute Gasteiger partial charge is 0.259 e. The Morgan fingerprint density at radius 1 is 1.12 bits per heavy atom. The Bertz CT molecular complexity index is 850. The van der Waals surface area contributed by atoms with E-state index in [9.17, 15) is 14.7 Å². The normalized spacial score (nSPS) is 12.6. The first kappa shape index (κ1) is 17.3. The second-order valence-corrected chi connectivity index (χ2v) is 5.43. The third-order valence-corrected chi connectivity index (χ3v) is 3.49. The summed E-state index contributed by atoms with van der Waals surface area (Å²) in [4.78, 5) is 23.8. The SMILES string of the molecule is O=C(CNC(=O)c1ccc2c(c1)OCCO2)NN=Cc1cccc(O)c1. The molecule has 3 rings (SSSR count). The summed E-state index contributed by atoms with van der Waals surface area (Å²) in [5, 5.41) is 15.6. The number of phenols is 1. The maximum Gasteiger partial charge on any atom is 0.259 e. The van der Waals surface area contributed by atoms with Crippen molar-refractivity contribution in [2.24, 2.45) is 5.10 Å². The molecule has 1 heterocycles. The van der Waals surface area contributed by atoms with Crippen LogP contribution in [0.2, 0.25) is 0 Å². The van der Waals surface area contributed by atoms with Crippen molar-refractivity contribution >= 4 is 18.0 Å². The fourth-order valence-electron chi connectivity index (χ4n) is 2.27. The number of hydrogen-bond donors (Lipinski definition) is 3. The van der Waals surface area contributed by atoms with Crippen molar-refractivity contribution < 1.29 is 24.2 Å². The Morgan fingerprint density at radius 3 is 2.73 bits per heavy atom. The van der Waals surface area contributed by atoms with E-state index in [-0.39, 0.29) is 12.3 Å². The Labute approximate surface area is 149 Å². The van der Waals surface area contributed by atoms with Crippen LogP contribution in [0.5, 0.6) is 17.2 Å². The lowest BCUT2D eigenvalue weighted by Gasteiger charge is -2.18. The number of nitrogens with zero attached hydrogens (tertiary/aromatic N) is 1. The number of nitrogens with one attached hydrogen (secondary N) is 2. The first-order valence-corrected chi connectivity index (χ1v) is 7.90. The van der Waals surface area contributed by atoms with Gasteiger partial charge in [0.15, 0.2) is 11.5 Å². The summed E-state index contributed by atoms with van der Waals surface area (Å²) in [6.07, 6.45) is 1.39. The number of hydrogen-bond acceptors (Lipinski definition) is 6. The molecule has 0 unspecified atom stereocenters. The lowest BCUT2D eigenvalue weighted by atomic mass is 10.2. The predicted molar refractivity (Wildman–Crippen MR) is 93.6 cm³/mol. The molecule has 0 bridgehead atoms. The molecule has 8 heteroatoms. The number of ether oxygens (including phenoxy) is 2. The molecule has 0 atom stereocenters. The number of amides is 2. The highest BCUT2D eigenvalue weighted by atomic mass is 16.6. The zero-order chi connectivity index (χ0) is 18.4. The number of aromatic hydroxyl groups is 1. The Balaban J connectivity index is 1.49. The second-order valence-electron chi connectivity index (χ2n) is 5.43. The lowest BCUT2D eigenvalue weighted by molar-refractivity contribution is -0.120. The van der Waals surface area contributed by atoms with Crippen LogP contribution in [-0.4, -0.2) is 42.9 Å². The number of fused-ring (bicyclic) bond motifs is 1. The Hall–Kier alpha value is -3.55. The van der Waals surface area contributed by atoms with Crippen LogP contribution >= 0.6 is 0 Å². The molecule has 1 aliphatic heterocycles. The van der Waals surface area contributed by atoms with Crippen molar-refractivity contribution in [1.29, 1.82) is 0 Å². The van der Waals surface area contributed by atoms with Gasteiger partial charge in [-0.1, -0.05) is 12.1 Å². The van der Waals surface area contributed by atoms with E-state index < -0.39 is 11.8 Å². The monoisotopic (exact) mass is 355 g/mol. The van der Waals surface area contributed by atoms with E-state index in [1.165, 1.54) is 18.3 Å². The third-order valence-electron chi connectivity index (χ3n) is 3.49. The van der Waals surface area contributed by atoms with Gasteiger partial charge in [0, 0.05) is 5.56 Å². The van der Waals surface area contributed by atoms with E-state index in [2.05, 4.69) is 15.8 Å². The van der Waals surface area contributed by atoms with Crippen LogP contribution in [0.3, 0.4) is 0 Å². The number of carbonyl (C=O) groups is 2. The molecule has 0 aromatic heterocycles. The van der Waals surface area contributed by atoms with E-state index in [0.29, 0.717) is 35.8 Å². The zero-order valence-electron chi connectivity index (χ0n) is 13.8. The highest BCUT2D eigenvalue weighted by molar-refractivity contribution is 5.97. The van der Waals surface area contributed by atoms with E-state index >= 15 is 0 Å². The fourth-order valence-corrected chi connectivity index (χ4v) is 2.27. The van der Waals surface area contributed by atoms with Gasteiger partial charge < -0.3 is 19.9 Å². The molecule has 1 aliphatic rings. The molecule has 0 radical (unpaired) electrons. The highest BCUT2D eigenvalue weighted by Crippen LogP contribution is 2.30. The summed E-state index contributed by atoms with van der Waals surface area (Å²) < 4.78 is 10.8. The Kier molecular flexibility index (Phi) is 5.33. The molecule has 0 spiro atoms. The fraction of sp³-hybridized carbons (Fsp3) is 0.167. The standard InChI is InChI=1S/C18H17N3O5/c22-14-3-1-2-12(8-14)10-20-21-17(23)11-19-18(24)13-4-5-15-16(9-13)26-7-6-25-15/h1-5,8-10,22H,6-7,11H2,(H,19,24)(H,21,23). The van der Waals surface area contributed by atoms with Crippen molar-refractivity contribution in [3.8, 4) is 17.2 Å². The molecule has 3 N–H and O–H groups in total. The minimum atomic E-state index is -0.479. The van der Waals surface area contributed by atoms with Crippen LogP contribution in [0, 0.1) is 0 Å². The minimum Gasteiger partial charge on any atom is -0.508 e. The van der Waals surface area contributed by atoms with Gasteiger partial charge >= 0.3 is 0 Å². The van der Waals surface area contributed by atoms with Crippen molar-refractivity contribution in [3.05, 3.63) is 53.6 Å². The highest BCUT2D eigenvalue weighted by Gasteiger charge is 2.15. The van der Waals surface area contributed by atoms with Crippen LogP contribution in [0.1, 0.15) is 15.9 Å². The maximum absolute atomic E-state index is 12.1. The summed E-state index contributed by atoms with van der Waals surface area (Å²) in [6.45, 7) is 0.671. The molecule has 0 aliphatic carbocycles. The average Bonchev–Trinajstić information content (AvgIpc) is 2.66. The predicted octanol–water partition coefficient (Wildman–Crippen LogP) is 1.04. The molecular weight excluding hydrogens is 338 g/mol. The van der Waals surface area contributed by atoms with Gasteiger partial charge in [0.25, 0.3) is 11.8 Å². The van der Waals surface area contributed by atoms with Crippen LogP contribution in [0.4, 0.5) is 0 Å². The number of phenolic OH excluding ortho intramolecular Hbond substituents is 1. The number of carbonyl (C=O) groups excluding carboxylic acids is 2. The van der Waals surface area contributed by atoms with Gasteiger partial charge in [-0.15, -0.1) is 0 Å². The van der Waals surface area contributed by atoms with Crippen molar-refractivity contribution in [3.63, 3.8) is 0 Å². The quantitative estimate of drug-likeness (QED) is 0.548. The largest absolute Gasteiger partial charge is 0.508 e. The molecule has 134 valence electrons. The van der Waals surface area contributed by atoms with E-state index in [4.69, 9.17) is 9.47 Å². The van der Waals surface area contributed by atoms with E-state index in [1.807, 2.05) is 0 Å². The maximum atomic E-state index is 12.1. The second kappa shape index (κ2) is 8.02. The first-order valence-electron chi connectivity index (χ1n) is 7.90. The number of benzene rings is 2. The molecule has 0 fully saturated rings. The number of rotatable bonds is 5. The summed E-state index contributed by atoms with van der Waals surface area (Å²) in [5.41, 5.74) is 3.29. The van der Waals surface area contributed by atoms with Gasteiger partial charge in [-0.3, -0.25) is 9.59 Å². The molecule has 8 nitrogen and oxygen atoms in total. The number of hydrazone groups is 1. The Morgan fingerprint density at radius 2 is 1.92 bits per heavy atom. The van der Waals surface area contributed by atoms with Gasteiger partial charge in [-0.25, -0.2) is 5.43 Å². The summed E-state index contributed by atoms with van der Waals surface area (Å²) in [7, 11) is 0. The molecule has 2 aromatic carbocycles. The third kappa shape index (κ3) is 4.50. The van der Waals surface area contributed by atoms with Crippen molar-refractivity contribution in [2.75, 3.05) is 19.8 Å². The minimum absolute atomic E-state index is 0.104. The van der Waals surface area contributed by atoms with Gasteiger partial charge in [-0.2, -0.15) is 5.10 Å². The molecule has 0 saturated carbocycles.